The van der Waals surface area contributed by atoms with Crippen LogP contribution in [0.4, 0.5) is 0 Å². The number of aromatic nitrogens is 4. The summed E-state index contributed by atoms with van der Waals surface area (Å²) in [5.41, 5.74) is 8.92. The van der Waals surface area contributed by atoms with Gasteiger partial charge < -0.3 is 4.90 Å². The van der Waals surface area contributed by atoms with Crippen LogP contribution in [0.5, 0.6) is 0 Å². The smallest absolute Gasteiger partial charge is 0.253 e. The average molecular weight is 560 g/mol. The highest BCUT2D eigenvalue weighted by Gasteiger charge is 2.29. The van der Waals surface area contributed by atoms with Crippen molar-refractivity contribution in [3.8, 4) is 5.69 Å². The number of hydrogen-bond acceptors (Lipinski definition) is 5. The van der Waals surface area contributed by atoms with Crippen LogP contribution >= 0.6 is 11.6 Å². The number of halogens is 1. The minimum absolute atomic E-state index is 0.0127. The van der Waals surface area contributed by atoms with E-state index < -0.39 is 0 Å². The van der Waals surface area contributed by atoms with E-state index in [0.29, 0.717) is 42.1 Å². The molecule has 4 heterocycles. The van der Waals surface area contributed by atoms with Crippen molar-refractivity contribution in [1.82, 2.24) is 24.4 Å². The Morgan fingerprint density at radius 3 is 2.56 bits per heavy atom. The van der Waals surface area contributed by atoms with Gasteiger partial charge in [-0.1, -0.05) is 23.2 Å². The lowest BCUT2D eigenvalue weighted by molar-refractivity contribution is 0.0743. The number of carbonyl (C=O) groups is 2. The number of carbonyl (C=O) groups excluding carboxylic acids is 2. The summed E-state index contributed by atoms with van der Waals surface area (Å²) in [6, 6.07) is 19.1. The molecule has 0 spiro atoms. The second kappa shape index (κ2) is 10.1. The van der Waals surface area contributed by atoms with Gasteiger partial charge in [-0.3, -0.25) is 24.1 Å². The molecule has 0 saturated carbocycles. The number of pyridine rings is 2. The average Bonchev–Trinajstić information content (AvgIpc) is 3.28. The molecule has 0 unspecified atom stereocenters. The molecule has 1 saturated heterocycles. The third-order valence-corrected chi connectivity index (χ3v) is 8.27. The number of hydrogen-bond donors (Lipinski definition) is 0. The summed E-state index contributed by atoms with van der Waals surface area (Å²) in [6.45, 7) is 3.15. The van der Waals surface area contributed by atoms with Crippen LogP contribution in [0.15, 0.2) is 84.8 Å². The molecule has 1 fully saturated rings. The van der Waals surface area contributed by atoms with Gasteiger partial charge in [-0.05, 0) is 85.5 Å². The second-order valence-corrected chi connectivity index (χ2v) is 10.9. The van der Waals surface area contributed by atoms with E-state index in [1.807, 2.05) is 72.5 Å². The Kier molecular flexibility index (Phi) is 6.24. The molecule has 7 rings (SSSR count). The number of aryl methyl sites for hydroxylation is 1. The molecule has 1 aliphatic heterocycles. The summed E-state index contributed by atoms with van der Waals surface area (Å²) in [4.78, 5) is 42.0. The number of likely N-dealkylation sites (tertiary alicyclic amines) is 1. The molecule has 2 aliphatic rings. The second-order valence-electron chi connectivity index (χ2n) is 10.5. The summed E-state index contributed by atoms with van der Waals surface area (Å²) < 4.78 is 2.07. The first kappa shape index (κ1) is 25.4. The highest BCUT2D eigenvalue weighted by molar-refractivity contribution is 6.30. The van der Waals surface area contributed by atoms with E-state index >= 15 is 0 Å². The summed E-state index contributed by atoms with van der Waals surface area (Å²) in [5, 5.41) is 0.611. The largest absolute Gasteiger partial charge is 0.338 e. The fraction of sp³-hybridized carbons (Fsp3) is 0.182. The molecule has 0 radical (unpaired) electrons. The third-order valence-electron chi connectivity index (χ3n) is 8.04. The topological polar surface area (TPSA) is 81.0 Å². The molecule has 3 aromatic heterocycles. The Morgan fingerprint density at radius 1 is 0.951 bits per heavy atom. The zero-order valence-corrected chi connectivity index (χ0v) is 23.2. The van der Waals surface area contributed by atoms with Gasteiger partial charge >= 0.3 is 0 Å². The standard InChI is InChI=1S/C33H26ClN5O2/c1-20-37-28-19-35-14-10-29(28)39(20)25-7-4-22(5-8-25)33(41)38-15-11-21(12-16-38)31-26-9-6-24(34)17-23(26)18-30(40)27-3-2-13-36-32(27)31/h2-10,13-14,17,19H,11-12,15-16,18H2,1H3. The van der Waals surface area contributed by atoms with Crippen LogP contribution in [0.1, 0.15) is 56.2 Å². The molecule has 7 nitrogen and oxygen atoms in total. The molecule has 202 valence electrons. The van der Waals surface area contributed by atoms with E-state index in [2.05, 4.69) is 19.5 Å². The Bertz CT molecular complexity index is 1880. The van der Waals surface area contributed by atoms with Gasteiger partial charge in [-0.2, -0.15) is 0 Å². The van der Waals surface area contributed by atoms with Gasteiger partial charge in [0.25, 0.3) is 5.91 Å². The highest BCUT2D eigenvalue weighted by Crippen LogP contribution is 2.38. The van der Waals surface area contributed by atoms with Crippen LogP contribution < -0.4 is 0 Å². The third kappa shape index (κ3) is 4.43. The van der Waals surface area contributed by atoms with Crippen molar-refractivity contribution < 1.29 is 9.59 Å². The van der Waals surface area contributed by atoms with Crippen LogP contribution in [0.2, 0.25) is 5.02 Å². The Balaban J connectivity index is 1.16. The predicted molar refractivity (Wildman–Crippen MR) is 158 cm³/mol. The number of fused-ring (bicyclic) bond motifs is 3. The van der Waals surface area contributed by atoms with Gasteiger partial charge in [0, 0.05) is 59.3 Å². The van der Waals surface area contributed by atoms with Crippen molar-refractivity contribution in [3.05, 3.63) is 124 Å². The summed E-state index contributed by atoms with van der Waals surface area (Å²) in [5.74, 6) is 0.918. The van der Waals surface area contributed by atoms with E-state index in [1.165, 1.54) is 5.57 Å². The van der Waals surface area contributed by atoms with Crippen LogP contribution in [-0.4, -0.2) is 49.2 Å². The van der Waals surface area contributed by atoms with Crippen molar-refractivity contribution >= 4 is 39.9 Å². The fourth-order valence-electron chi connectivity index (χ4n) is 6.08. The van der Waals surface area contributed by atoms with Gasteiger partial charge in [-0.15, -0.1) is 0 Å². The fourth-order valence-corrected chi connectivity index (χ4v) is 6.27. The number of rotatable bonds is 2. The quantitative estimate of drug-likeness (QED) is 0.255. The first-order chi connectivity index (χ1) is 20.0. The van der Waals surface area contributed by atoms with Crippen molar-refractivity contribution in [2.24, 2.45) is 0 Å². The molecule has 41 heavy (non-hydrogen) atoms. The van der Waals surface area contributed by atoms with Crippen molar-refractivity contribution in [2.45, 2.75) is 26.2 Å². The number of benzene rings is 2. The highest BCUT2D eigenvalue weighted by atomic mass is 35.5. The van der Waals surface area contributed by atoms with E-state index in [1.54, 1.807) is 18.6 Å². The van der Waals surface area contributed by atoms with Gasteiger partial charge in [0.15, 0.2) is 5.78 Å². The lowest BCUT2D eigenvalue weighted by Gasteiger charge is -2.30. The van der Waals surface area contributed by atoms with E-state index in [9.17, 15) is 9.59 Å². The summed E-state index contributed by atoms with van der Waals surface area (Å²) >= 11 is 6.31. The van der Waals surface area contributed by atoms with E-state index in [-0.39, 0.29) is 18.1 Å². The van der Waals surface area contributed by atoms with Crippen molar-refractivity contribution in [3.63, 3.8) is 0 Å². The lowest BCUT2D eigenvalue weighted by Crippen LogP contribution is -2.36. The Morgan fingerprint density at radius 2 is 1.76 bits per heavy atom. The van der Waals surface area contributed by atoms with Gasteiger partial charge in [-0.25, -0.2) is 4.98 Å². The molecule has 0 N–H and O–H groups in total. The maximum atomic E-state index is 13.5. The van der Waals surface area contributed by atoms with Crippen molar-refractivity contribution in [1.29, 1.82) is 0 Å². The van der Waals surface area contributed by atoms with Gasteiger partial charge in [0.05, 0.1) is 17.4 Å². The monoisotopic (exact) mass is 559 g/mol. The molecule has 0 bridgehead atoms. The minimum Gasteiger partial charge on any atom is -0.338 e. The summed E-state index contributed by atoms with van der Waals surface area (Å²) in [7, 11) is 0. The van der Waals surface area contributed by atoms with Crippen molar-refractivity contribution in [2.75, 3.05) is 13.1 Å². The summed E-state index contributed by atoms with van der Waals surface area (Å²) in [6.07, 6.45) is 6.95. The zero-order chi connectivity index (χ0) is 28.1. The maximum Gasteiger partial charge on any atom is 0.253 e. The van der Waals surface area contributed by atoms with Crippen LogP contribution in [0, 0.1) is 6.92 Å². The molecule has 1 aliphatic carbocycles. The number of nitrogens with zero attached hydrogens (tertiary/aromatic N) is 5. The zero-order valence-electron chi connectivity index (χ0n) is 22.5. The van der Waals surface area contributed by atoms with Gasteiger partial charge in [0.1, 0.15) is 11.3 Å². The molecule has 1 amide bonds. The number of amides is 1. The van der Waals surface area contributed by atoms with Crippen LogP contribution in [0.25, 0.3) is 22.3 Å². The molecule has 5 aromatic rings. The van der Waals surface area contributed by atoms with E-state index in [4.69, 9.17) is 11.6 Å². The molecule has 8 heteroatoms. The SMILES string of the molecule is Cc1nc2cnccc2n1-c1ccc(C(=O)N2CCC(=C3c4ccc(Cl)cc4CC(=O)c4cccnc43)CC2)cc1. The number of ketones is 1. The molecule has 0 atom stereocenters. The number of imidazole rings is 1. The minimum atomic E-state index is 0.0127. The first-order valence-corrected chi connectivity index (χ1v) is 14.0. The predicted octanol–water partition coefficient (Wildman–Crippen LogP) is 6.25. The molecule has 2 aromatic carbocycles. The Labute approximate surface area is 242 Å². The van der Waals surface area contributed by atoms with Crippen LogP contribution in [0.3, 0.4) is 0 Å². The normalized spacial score (nSPS) is 15.1. The van der Waals surface area contributed by atoms with Gasteiger partial charge in [0.2, 0.25) is 0 Å². The Hall–Kier alpha value is -4.62. The number of piperidine rings is 1. The lowest BCUT2D eigenvalue weighted by atomic mass is 9.88. The van der Waals surface area contributed by atoms with E-state index in [0.717, 1.165) is 44.9 Å². The number of Topliss-reactive ketones (excluding diaryl/α,β-unsaturated/α-hetero) is 1. The molecular weight excluding hydrogens is 534 g/mol. The molecular formula is C33H26ClN5O2. The van der Waals surface area contributed by atoms with Crippen LogP contribution in [-0.2, 0) is 6.42 Å². The maximum absolute atomic E-state index is 13.5. The first-order valence-electron chi connectivity index (χ1n) is 13.7.